The van der Waals surface area contributed by atoms with Crippen LogP contribution in [0.3, 0.4) is 0 Å². The summed E-state index contributed by atoms with van der Waals surface area (Å²) in [5, 5.41) is 0. The van der Waals surface area contributed by atoms with Crippen molar-refractivity contribution in [2.45, 2.75) is 51.7 Å². The maximum absolute atomic E-state index is 5.92. The summed E-state index contributed by atoms with van der Waals surface area (Å²) in [5.41, 5.74) is 3.08. The van der Waals surface area contributed by atoms with Crippen LogP contribution in [-0.2, 0) is 9.47 Å². The van der Waals surface area contributed by atoms with Gasteiger partial charge in [0.15, 0.2) is 5.79 Å². The van der Waals surface area contributed by atoms with Gasteiger partial charge < -0.3 is 9.47 Å². The lowest BCUT2D eigenvalue weighted by atomic mass is 9.66. The van der Waals surface area contributed by atoms with Crippen LogP contribution in [0.4, 0.5) is 0 Å². The molecular formula is C14H23BrO2. The number of ether oxygens (including phenoxy) is 2. The number of rotatable bonds is 1. The average Bonchev–Trinajstić information content (AvgIpc) is 2.62. The topological polar surface area (TPSA) is 18.5 Å². The van der Waals surface area contributed by atoms with E-state index in [0.29, 0.717) is 19.1 Å². The SMILES string of the molecule is CC1=C(C(C)C)C(C)(C)CC2(OCCO2)C1Br. The molecule has 1 aliphatic heterocycles. The predicted molar refractivity (Wildman–Crippen MR) is 73.3 cm³/mol. The normalized spacial score (nSPS) is 31.6. The number of hydrogen-bond donors (Lipinski definition) is 0. The van der Waals surface area contributed by atoms with Gasteiger partial charge in [0.2, 0.25) is 0 Å². The van der Waals surface area contributed by atoms with Gasteiger partial charge in [-0.25, -0.2) is 0 Å². The fraction of sp³-hybridized carbons (Fsp3) is 0.857. The molecule has 2 rings (SSSR count). The van der Waals surface area contributed by atoms with E-state index >= 15 is 0 Å². The standard InChI is InChI=1S/C14H23BrO2/c1-9(2)11-10(3)12(15)14(8-13(11,4)5)16-6-7-17-14/h9,12H,6-8H2,1-5H3. The molecule has 0 amide bonds. The van der Waals surface area contributed by atoms with Crippen molar-refractivity contribution >= 4 is 15.9 Å². The maximum atomic E-state index is 5.92. The number of allylic oxidation sites excluding steroid dienone is 1. The molecule has 1 saturated heterocycles. The van der Waals surface area contributed by atoms with Gasteiger partial charge in [0.25, 0.3) is 0 Å². The van der Waals surface area contributed by atoms with E-state index in [-0.39, 0.29) is 10.2 Å². The van der Waals surface area contributed by atoms with E-state index in [1.165, 1.54) is 5.57 Å². The first-order valence-corrected chi connectivity index (χ1v) is 7.35. The summed E-state index contributed by atoms with van der Waals surface area (Å²) in [6, 6.07) is 0. The smallest absolute Gasteiger partial charge is 0.185 e. The molecule has 1 unspecified atom stereocenters. The summed E-state index contributed by atoms with van der Waals surface area (Å²) < 4.78 is 11.8. The molecule has 1 heterocycles. The molecule has 2 aliphatic rings. The molecule has 0 N–H and O–H groups in total. The molecule has 17 heavy (non-hydrogen) atoms. The third kappa shape index (κ3) is 2.11. The molecule has 1 fully saturated rings. The van der Waals surface area contributed by atoms with E-state index in [9.17, 15) is 0 Å². The van der Waals surface area contributed by atoms with Gasteiger partial charge in [-0.15, -0.1) is 0 Å². The molecule has 3 heteroatoms. The fourth-order valence-electron chi connectivity index (χ4n) is 3.76. The molecule has 0 radical (unpaired) electrons. The minimum atomic E-state index is -0.439. The van der Waals surface area contributed by atoms with Crippen molar-refractivity contribution in [2.75, 3.05) is 13.2 Å². The third-order valence-electron chi connectivity index (χ3n) is 3.96. The molecule has 1 atom stereocenters. The predicted octanol–water partition coefficient (Wildman–Crippen LogP) is 3.90. The Balaban J connectivity index is 2.45. The Bertz CT molecular complexity index is 338. The number of halogens is 1. The van der Waals surface area contributed by atoms with E-state index < -0.39 is 5.79 Å². The van der Waals surface area contributed by atoms with Gasteiger partial charge in [-0.1, -0.05) is 54.8 Å². The zero-order valence-corrected chi connectivity index (χ0v) is 13.1. The van der Waals surface area contributed by atoms with E-state index in [0.717, 1.165) is 6.42 Å². The van der Waals surface area contributed by atoms with Crippen molar-refractivity contribution in [1.82, 2.24) is 0 Å². The zero-order chi connectivity index (χ0) is 12.8. The van der Waals surface area contributed by atoms with E-state index in [4.69, 9.17) is 9.47 Å². The Hall–Kier alpha value is 0.140. The summed E-state index contributed by atoms with van der Waals surface area (Å²) in [5.74, 6) is 0.134. The summed E-state index contributed by atoms with van der Waals surface area (Å²) in [7, 11) is 0. The first-order valence-electron chi connectivity index (χ1n) is 6.43. The molecule has 0 aromatic rings. The van der Waals surface area contributed by atoms with Crippen LogP contribution in [-0.4, -0.2) is 23.8 Å². The van der Waals surface area contributed by atoms with Crippen LogP contribution in [0, 0.1) is 11.3 Å². The van der Waals surface area contributed by atoms with Crippen molar-refractivity contribution in [3.8, 4) is 0 Å². The number of alkyl halides is 1. The summed E-state index contributed by atoms with van der Waals surface area (Å²) >= 11 is 3.79. The second kappa shape index (κ2) is 4.36. The highest BCUT2D eigenvalue weighted by atomic mass is 79.9. The van der Waals surface area contributed by atoms with Crippen molar-refractivity contribution in [1.29, 1.82) is 0 Å². The van der Waals surface area contributed by atoms with E-state index in [1.807, 2.05) is 0 Å². The van der Waals surface area contributed by atoms with Gasteiger partial charge in [-0.3, -0.25) is 0 Å². The minimum Gasteiger partial charge on any atom is -0.346 e. The van der Waals surface area contributed by atoms with Gasteiger partial charge >= 0.3 is 0 Å². The molecule has 0 bridgehead atoms. The average molecular weight is 303 g/mol. The van der Waals surface area contributed by atoms with Gasteiger partial charge in [0.1, 0.15) is 0 Å². The monoisotopic (exact) mass is 302 g/mol. The Labute approximate surface area is 113 Å². The Kier molecular flexibility index (Phi) is 3.48. The first kappa shape index (κ1) is 13.6. The van der Waals surface area contributed by atoms with E-state index in [1.54, 1.807) is 5.57 Å². The molecular weight excluding hydrogens is 280 g/mol. The Morgan fingerprint density at radius 1 is 1.24 bits per heavy atom. The lowest BCUT2D eigenvalue weighted by Crippen LogP contribution is -2.49. The van der Waals surface area contributed by atoms with E-state index in [2.05, 4.69) is 50.5 Å². The molecule has 0 aromatic heterocycles. The van der Waals surface area contributed by atoms with Crippen molar-refractivity contribution in [3.63, 3.8) is 0 Å². The highest BCUT2D eigenvalue weighted by molar-refractivity contribution is 9.09. The largest absolute Gasteiger partial charge is 0.346 e. The minimum absolute atomic E-state index is 0.146. The summed E-state index contributed by atoms with van der Waals surface area (Å²) in [4.78, 5) is 0.183. The third-order valence-corrected chi connectivity index (χ3v) is 5.35. The van der Waals surface area contributed by atoms with Crippen LogP contribution in [0.1, 0.15) is 41.0 Å². The number of hydrogen-bond acceptors (Lipinski definition) is 2. The molecule has 1 spiro atoms. The van der Waals surface area contributed by atoms with Crippen LogP contribution >= 0.6 is 15.9 Å². The zero-order valence-electron chi connectivity index (χ0n) is 11.5. The quantitative estimate of drug-likeness (QED) is 0.540. The van der Waals surface area contributed by atoms with Crippen molar-refractivity contribution < 1.29 is 9.47 Å². The Morgan fingerprint density at radius 2 is 1.76 bits per heavy atom. The first-order chi connectivity index (χ1) is 7.80. The second-order valence-corrected chi connectivity index (χ2v) is 7.10. The Morgan fingerprint density at radius 3 is 2.24 bits per heavy atom. The fourth-order valence-corrected chi connectivity index (χ4v) is 4.43. The van der Waals surface area contributed by atoms with Crippen molar-refractivity contribution in [3.05, 3.63) is 11.1 Å². The highest BCUT2D eigenvalue weighted by Gasteiger charge is 2.53. The van der Waals surface area contributed by atoms with Crippen LogP contribution in [0.25, 0.3) is 0 Å². The van der Waals surface area contributed by atoms with Crippen LogP contribution in [0.2, 0.25) is 0 Å². The van der Waals surface area contributed by atoms with Gasteiger partial charge in [-0.05, 0) is 18.3 Å². The van der Waals surface area contributed by atoms with Crippen molar-refractivity contribution in [2.24, 2.45) is 11.3 Å². The molecule has 0 aromatic carbocycles. The molecule has 2 nitrogen and oxygen atoms in total. The summed E-state index contributed by atoms with van der Waals surface area (Å²) in [6.07, 6.45) is 0.931. The molecule has 0 saturated carbocycles. The lowest BCUT2D eigenvalue weighted by Gasteiger charge is -2.47. The van der Waals surface area contributed by atoms with Crippen LogP contribution in [0.15, 0.2) is 11.1 Å². The van der Waals surface area contributed by atoms with Gasteiger partial charge in [0.05, 0.1) is 18.0 Å². The molecule has 1 aliphatic carbocycles. The lowest BCUT2D eigenvalue weighted by molar-refractivity contribution is -0.174. The second-order valence-electron chi connectivity index (χ2n) is 6.18. The van der Waals surface area contributed by atoms with Crippen LogP contribution in [0.5, 0.6) is 0 Å². The van der Waals surface area contributed by atoms with Gasteiger partial charge in [-0.2, -0.15) is 0 Å². The molecule has 98 valence electrons. The summed E-state index contributed by atoms with van der Waals surface area (Å²) in [6.45, 7) is 12.8. The van der Waals surface area contributed by atoms with Crippen LogP contribution < -0.4 is 0 Å². The maximum Gasteiger partial charge on any atom is 0.185 e. The highest BCUT2D eigenvalue weighted by Crippen LogP contribution is 2.52. The van der Waals surface area contributed by atoms with Gasteiger partial charge in [0, 0.05) is 6.42 Å².